The highest BCUT2D eigenvalue weighted by Crippen LogP contribution is 2.34. The molecule has 0 bridgehead atoms. The van der Waals surface area contributed by atoms with Crippen molar-refractivity contribution in [2.45, 2.75) is 20.8 Å². The van der Waals surface area contributed by atoms with Gasteiger partial charge in [-0.05, 0) is 37.6 Å². The van der Waals surface area contributed by atoms with Crippen molar-refractivity contribution in [3.63, 3.8) is 0 Å². The van der Waals surface area contributed by atoms with E-state index in [-0.39, 0.29) is 11.5 Å². The predicted octanol–water partition coefficient (Wildman–Crippen LogP) is 2.61. The molecular formula is C22H27N5O2S2. The number of likely N-dealkylation sites (N-methyl/N-ethyl adjacent to an activating group) is 1. The lowest BCUT2D eigenvalue weighted by molar-refractivity contribution is -0.122. The fraction of sp³-hybridized carbons (Fsp3) is 0.455. The minimum Gasteiger partial charge on any atom is -0.353 e. The molecule has 0 atom stereocenters. The number of piperazine rings is 1. The van der Waals surface area contributed by atoms with Gasteiger partial charge in [-0.1, -0.05) is 43.9 Å². The Bertz CT molecular complexity index is 1130. The molecule has 7 nitrogen and oxygen atoms in total. The molecule has 2 fully saturated rings. The topological polar surface area (TPSA) is 61.2 Å². The maximum atomic E-state index is 13.5. The molecule has 1 amide bonds. The monoisotopic (exact) mass is 457 g/mol. The van der Waals surface area contributed by atoms with Crippen LogP contribution >= 0.6 is 24.0 Å². The Morgan fingerprint density at radius 2 is 1.94 bits per heavy atom. The standard InChI is InChI=1S/C22H27N5O2S2/c1-14(2)13-27-21(29)17(31-22(27)30)12-16-19(25-10-8-24(4)9-11-25)23-18-15(3)6-5-7-26(18)20(16)28/h5-7,12,14H,8-11,13H2,1-4H3/b17-12-. The molecule has 2 aromatic rings. The summed E-state index contributed by atoms with van der Waals surface area (Å²) in [6.07, 6.45) is 3.42. The zero-order chi connectivity index (χ0) is 22.3. The average Bonchev–Trinajstić information content (AvgIpc) is 2.98. The Hall–Kier alpha value is -2.23. The van der Waals surface area contributed by atoms with Crippen molar-refractivity contribution in [2.24, 2.45) is 5.92 Å². The molecule has 2 saturated heterocycles. The van der Waals surface area contributed by atoms with E-state index in [0.717, 1.165) is 31.7 Å². The average molecular weight is 458 g/mol. The van der Waals surface area contributed by atoms with Crippen LogP contribution in [0.2, 0.25) is 0 Å². The van der Waals surface area contributed by atoms with E-state index < -0.39 is 0 Å². The molecule has 0 N–H and O–H groups in total. The van der Waals surface area contributed by atoms with Crippen molar-refractivity contribution in [2.75, 3.05) is 44.7 Å². The molecule has 2 aliphatic rings. The van der Waals surface area contributed by atoms with Gasteiger partial charge in [-0.15, -0.1) is 0 Å². The number of thiocarbonyl (C=S) groups is 1. The van der Waals surface area contributed by atoms with E-state index in [0.29, 0.717) is 38.7 Å². The molecule has 4 heterocycles. The summed E-state index contributed by atoms with van der Waals surface area (Å²) in [6, 6.07) is 3.79. The summed E-state index contributed by atoms with van der Waals surface area (Å²) in [5.41, 5.74) is 1.85. The van der Waals surface area contributed by atoms with Gasteiger partial charge in [-0.2, -0.15) is 0 Å². The Labute approximate surface area is 191 Å². The Morgan fingerprint density at radius 3 is 2.61 bits per heavy atom. The first-order chi connectivity index (χ1) is 14.8. The number of nitrogens with zero attached hydrogens (tertiary/aromatic N) is 5. The van der Waals surface area contributed by atoms with Gasteiger partial charge in [0.1, 0.15) is 15.8 Å². The largest absolute Gasteiger partial charge is 0.353 e. The van der Waals surface area contributed by atoms with Crippen LogP contribution in [0, 0.1) is 12.8 Å². The molecular weight excluding hydrogens is 430 g/mol. The number of amides is 1. The molecule has 31 heavy (non-hydrogen) atoms. The second kappa shape index (κ2) is 8.72. The van der Waals surface area contributed by atoms with Crippen LogP contribution in [0.4, 0.5) is 5.82 Å². The normalized spacial score (nSPS) is 19.5. The summed E-state index contributed by atoms with van der Waals surface area (Å²) < 4.78 is 2.10. The molecule has 0 spiro atoms. The molecule has 9 heteroatoms. The van der Waals surface area contributed by atoms with Gasteiger partial charge in [-0.25, -0.2) is 4.98 Å². The van der Waals surface area contributed by atoms with Gasteiger partial charge in [0.25, 0.3) is 11.5 Å². The lowest BCUT2D eigenvalue weighted by Crippen LogP contribution is -2.45. The second-order valence-corrected chi connectivity index (χ2v) is 10.2. The smallest absolute Gasteiger partial charge is 0.267 e. The number of pyridine rings is 1. The van der Waals surface area contributed by atoms with Crippen LogP contribution in [0.15, 0.2) is 28.0 Å². The van der Waals surface area contributed by atoms with E-state index in [4.69, 9.17) is 17.2 Å². The highest BCUT2D eigenvalue weighted by molar-refractivity contribution is 8.26. The quantitative estimate of drug-likeness (QED) is 0.517. The van der Waals surface area contributed by atoms with Crippen LogP contribution in [0.25, 0.3) is 11.7 Å². The second-order valence-electron chi connectivity index (χ2n) is 8.52. The predicted molar refractivity (Wildman–Crippen MR) is 131 cm³/mol. The number of rotatable bonds is 4. The summed E-state index contributed by atoms with van der Waals surface area (Å²) in [6.45, 7) is 9.97. The van der Waals surface area contributed by atoms with Gasteiger partial charge in [-0.3, -0.25) is 18.9 Å². The first-order valence-electron chi connectivity index (χ1n) is 10.5. The van der Waals surface area contributed by atoms with Crippen molar-refractivity contribution in [1.82, 2.24) is 19.2 Å². The molecule has 0 aliphatic carbocycles. The lowest BCUT2D eigenvalue weighted by atomic mass is 10.2. The third kappa shape index (κ3) is 4.26. The van der Waals surface area contributed by atoms with Gasteiger partial charge in [0.2, 0.25) is 0 Å². The Morgan fingerprint density at radius 1 is 1.23 bits per heavy atom. The van der Waals surface area contributed by atoms with Crippen molar-refractivity contribution in [3.8, 4) is 0 Å². The maximum absolute atomic E-state index is 13.5. The van der Waals surface area contributed by atoms with E-state index in [2.05, 4.69) is 30.7 Å². The summed E-state index contributed by atoms with van der Waals surface area (Å²) in [5.74, 6) is 0.807. The first-order valence-corrected chi connectivity index (χ1v) is 11.7. The van der Waals surface area contributed by atoms with Gasteiger partial charge in [0.15, 0.2) is 0 Å². The van der Waals surface area contributed by atoms with E-state index in [1.54, 1.807) is 21.6 Å². The highest BCUT2D eigenvalue weighted by Gasteiger charge is 2.33. The SMILES string of the molecule is Cc1cccn2c(=O)c(/C=C3\SC(=S)N(CC(C)C)C3=O)c(N3CCN(C)CC3)nc12. The van der Waals surface area contributed by atoms with Crippen LogP contribution in [0.3, 0.4) is 0 Å². The molecule has 164 valence electrons. The van der Waals surface area contributed by atoms with Crippen molar-refractivity contribution < 1.29 is 4.79 Å². The van der Waals surface area contributed by atoms with Gasteiger partial charge in [0, 0.05) is 38.9 Å². The molecule has 0 aromatic carbocycles. The maximum Gasteiger partial charge on any atom is 0.267 e. The fourth-order valence-corrected chi connectivity index (χ4v) is 5.10. The van der Waals surface area contributed by atoms with Crippen LogP contribution < -0.4 is 10.5 Å². The number of hydrogen-bond donors (Lipinski definition) is 0. The van der Waals surface area contributed by atoms with Gasteiger partial charge < -0.3 is 9.80 Å². The van der Waals surface area contributed by atoms with Crippen LogP contribution in [-0.2, 0) is 4.79 Å². The number of thioether (sulfide) groups is 1. The Kier molecular flexibility index (Phi) is 6.18. The fourth-order valence-electron chi connectivity index (χ4n) is 3.84. The van der Waals surface area contributed by atoms with E-state index >= 15 is 0 Å². The number of fused-ring (bicyclic) bond motifs is 1. The van der Waals surface area contributed by atoms with Gasteiger partial charge >= 0.3 is 0 Å². The van der Waals surface area contributed by atoms with Crippen molar-refractivity contribution in [3.05, 3.63) is 44.7 Å². The first kappa shape index (κ1) is 22.0. The number of aryl methyl sites for hydroxylation is 1. The molecule has 0 unspecified atom stereocenters. The molecule has 0 saturated carbocycles. The molecule has 2 aromatic heterocycles. The number of carbonyl (C=O) groups is 1. The van der Waals surface area contributed by atoms with Crippen molar-refractivity contribution >= 4 is 51.7 Å². The summed E-state index contributed by atoms with van der Waals surface area (Å²) in [5, 5.41) is 0. The van der Waals surface area contributed by atoms with Crippen molar-refractivity contribution in [1.29, 1.82) is 0 Å². The molecule has 0 radical (unpaired) electrons. The number of carbonyl (C=O) groups excluding carboxylic acids is 1. The molecule has 2 aliphatic heterocycles. The minimum atomic E-state index is -0.170. The van der Waals surface area contributed by atoms with E-state index in [1.807, 2.05) is 19.1 Å². The number of aromatic nitrogens is 2. The highest BCUT2D eigenvalue weighted by atomic mass is 32.2. The van der Waals surface area contributed by atoms with Crippen LogP contribution in [0.1, 0.15) is 25.0 Å². The molecule has 4 rings (SSSR count). The zero-order valence-corrected chi connectivity index (χ0v) is 19.9. The van der Waals surface area contributed by atoms with Crippen LogP contribution in [-0.4, -0.2) is 69.2 Å². The number of anilines is 1. The van der Waals surface area contributed by atoms with Crippen LogP contribution in [0.5, 0.6) is 0 Å². The summed E-state index contributed by atoms with van der Waals surface area (Å²) >= 11 is 6.70. The zero-order valence-electron chi connectivity index (χ0n) is 18.3. The summed E-state index contributed by atoms with van der Waals surface area (Å²) in [4.78, 5) is 37.9. The summed E-state index contributed by atoms with van der Waals surface area (Å²) in [7, 11) is 2.09. The Balaban J connectivity index is 1.85. The van der Waals surface area contributed by atoms with E-state index in [1.165, 1.54) is 11.8 Å². The third-order valence-electron chi connectivity index (χ3n) is 5.56. The number of hydrogen-bond acceptors (Lipinski definition) is 7. The minimum absolute atomic E-state index is 0.137. The van der Waals surface area contributed by atoms with E-state index in [9.17, 15) is 9.59 Å². The lowest BCUT2D eigenvalue weighted by Gasteiger charge is -2.34. The van der Waals surface area contributed by atoms with Gasteiger partial charge in [0.05, 0.1) is 10.5 Å². The third-order valence-corrected chi connectivity index (χ3v) is 6.94.